The van der Waals surface area contributed by atoms with E-state index in [-0.39, 0.29) is 11.8 Å². The number of rotatable bonds is 4. The second kappa shape index (κ2) is 5.57. The summed E-state index contributed by atoms with van der Waals surface area (Å²) in [6.45, 7) is 3.89. The van der Waals surface area contributed by atoms with Gasteiger partial charge in [0.25, 0.3) is 0 Å². The van der Waals surface area contributed by atoms with E-state index in [1.807, 2.05) is 4.90 Å². The van der Waals surface area contributed by atoms with Crippen LogP contribution in [0.1, 0.15) is 45.4 Å². The minimum atomic E-state index is -0.598. The third kappa shape index (κ3) is 2.86. The summed E-state index contributed by atoms with van der Waals surface area (Å²) in [4.78, 5) is 14.1. The monoisotopic (exact) mass is 254 g/mol. The smallest absolute Gasteiger partial charge is 0.225 e. The minimum Gasteiger partial charge on any atom is -0.386 e. The van der Waals surface area contributed by atoms with Gasteiger partial charge in [0.05, 0.1) is 18.7 Å². The van der Waals surface area contributed by atoms with Gasteiger partial charge in [-0.25, -0.2) is 0 Å². The van der Waals surface area contributed by atoms with Gasteiger partial charge in [-0.1, -0.05) is 13.3 Å². The van der Waals surface area contributed by atoms with Crippen molar-refractivity contribution < 1.29 is 9.90 Å². The molecule has 4 heteroatoms. The summed E-state index contributed by atoms with van der Waals surface area (Å²) >= 11 is 0. The number of carbonyl (C=O) groups excluding carboxylic acids is 1. The Morgan fingerprint density at radius 2 is 1.94 bits per heavy atom. The van der Waals surface area contributed by atoms with E-state index in [2.05, 4.69) is 6.92 Å². The highest BCUT2D eigenvalue weighted by Gasteiger charge is 2.44. The molecular weight excluding hydrogens is 228 g/mol. The van der Waals surface area contributed by atoms with Crippen molar-refractivity contribution in [2.24, 2.45) is 17.6 Å². The van der Waals surface area contributed by atoms with Crippen molar-refractivity contribution in [2.75, 3.05) is 19.6 Å². The van der Waals surface area contributed by atoms with Crippen LogP contribution < -0.4 is 5.73 Å². The molecule has 18 heavy (non-hydrogen) atoms. The Kier molecular flexibility index (Phi) is 4.28. The van der Waals surface area contributed by atoms with E-state index >= 15 is 0 Å². The summed E-state index contributed by atoms with van der Waals surface area (Å²) in [5.74, 6) is 1.05. The molecule has 0 aromatic carbocycles. The van der Waals surface area contributed by atoms with Gasteiger partial charge >= 0.3 is 0 Å². The molecule has 0 aromatic rings. The van der Waals surface area contributed by atoms with E-state index < -0.39 is 5.60 Å². The molecule has 104 valence electrons. The number of nitrogens with two attached hydrogens (primary N) is 1. The lowest BCUT2D eigenvalue weighted by atomic mass is 9.80. The van der Waals surface area contributed by atoms with Crippen LogP contribution in [-0.2, 0) is 4.79 Å². The minimum absolute atomic E-state index is 0.180. The Balaban J connectivity index is 1.77. The highest BCUT2D eigenvalue weighted by atomic mass is 16.3. The number of β-amino-alcohol motifs (C(OH)–C–C–N with tert-alkyl or cyclic N) is 1. The number of carbonyl (C=O) groups is 1. The molecule has 1 aliphatic heterocycles. The van der Waals surface area contributed by atoms with Crippen molar-refractivity contribution in [1.29, 1.82) is 0 Å². The lowest BCUT2D eigenvalue weighted by molar-refractivity contribution is -0.161. The molecule has 2 rings (SSSR count). The largest absolute Gasteiger partial charge is 0.386 e. The summed E-state index contributed by atoms with van der Waals surface area (Å²) < 4.78 is 0. The van der Waals surface area contributed by atoms with Gasteiger partial charge < -0.3 is 15.7 Å². The normalized spacial score (nSPS) is 30.9. The van der Waals surface area contributed by atoms with Crippen molar-refractivity contribution in [3.05, 3.63) is 0 Å². The van der Waals surface area contributed by atoms with Crippen molar-refractivity contribution >= 4 is 5.91 Å². The molecular formula is C14H26N2O2. The topological polar surface area (TPSA) is 66.6 Å². The average Bonchev–Trinajstić information content (AvgIpc) is 2.35. The van der Waals surface area contributed by atoms with Crippen LogP contribution in [0, 0.1) is 11.8 Å². The molecule has 0 atom stereocenters. The maximum atomic E-state index is 12.3. The van der Waals surface area contributed by atoms with Gasteiger partial charge in [-0.3, -0.25) is 4.79 Å². The summed E-state index contributed by atoms with van der Waals surface area (Å²) in [6, 6.07) is 0. The van der Waals surface area contributed by atoms with Crippen molar-refractivity contribution in [1.82, 2.24) is 4.90 Å². The standard InChI is InChI=1S/C14H26N2O2/c1-2-7-14(18)9-16(10-14)13(17)12-5-3-11(8-15)4-6-12/h11-12,18H,2-10,15H2,1H3. The van der Waals surface area contributed by atoms with Gasteiger partial charge in [0.15, 0.2) is 0 Å². The first-order chi connectivity index (χ1) is 8.58. The van der Waals surface area contributed by atoms with Gasteiger partial charge in [0.1, 0.15) is 0 Å². The number of hydrogen-bond donors (Lipinski definition) is 2. The summed E-state index contributed by atoms with van der Waals surface area (Å²) in [6.07, 6.45) is 5.89. The van der Waals surface area contributed by atoms with E-state index in [1.165, 1.54) is 0 Å². The fourth-order valence-corrected chi connectivity index (χ4v) is 3.35. The van der Waals surface area contributed by atoms with Crippen LogP contribution in [0.25, 0.3) is 0 Å². The lowest BCUT2D eigenvalue weighted by Crippen LogP contribution is -2.64. The van der Waals surface area contributed by atoms with Gasteiger partial charge in [-0.05, 0) is 44.6 Å². The second-order valence-electron chi connectivity index (χ2n) is 6.12. The van der Waals surface area contributed by atoms with Crippen LogP contribution >= 0.6 is 0 Å². The predicted octanol–water partition coefficient (Wildman–Crippen LogP) is 1.12. The van der Waals surface area contributed by atoms with Crippen molar-refractivity contribution in [2.45, 2.75) is 51.0 Å². The number of aliphatic hydroxyl groups is 1. The average molecular weight is 254 g/mol. The molecule has 0 unspecified atom stereocenters. The van der Waals surface area contributed by atoms with Gasteiger partial charge in [0.2, 0.25) is 5.91 Å². The molecule has 2 fully saturated rings. The van der Waals surface area contributed by atoms with Crippen LogP contribution in [-0.4, -0.2) is 41.1 Å². The zero-order valence-corrected chi connectivity index (χ0v) is 11.4. The maximum absolute atomic E-state index is 12.3. The van der Waals surface area contributed by atoms with Gasteiger partial charge in [-0.15, -0.1) is 0 Å². The number of nitrogens with zero attached hydrogens (tertiary/aromatic N) is 1. The summed E-state index contributed by atoms with van der Waals surface area (Å²) in [5.41, 5.74) is 5.06. The Morgan fingerprint density at radius 3 is 2.44 bits per heavy atom. The molecule has 1 saturated carbocycles. The summed E-state index contributed by atoms with van der Waals surface area (Å²) in [5, 5.41) is 10.1. The van der Waals surface area contributed by atoms with E-state index in [4.69, 9.17) is 5.73 Å². The van der Waals surface area contributed by atoms with Crippen molar-refractivity contribution in [3.8, 4) is 0 Å². The fourth-order valence-electron chi connectivity index (χ4n) is 3.35. The second-order valence-corrected chi connectivity index (χ2v) is 6.12. The SMILES string of the molecule is CCCC1(O)CN(C(=O)C2CCC(CN)CC2)C1. The van der Waals surface area contributed by atoms with Crippen molar-refractivity contribution in [3.63, 3.8) is 0 Å². The third-order valence-corrected chi connectivity index (χ3v) is 4.53. The predicted molar refractivity (Wildman–Crippen MR) is 70.9 cm³/mol. The van der Waals surface area contributed by atoms with Gasteiger partial charge in [0, 0.05) is 5.92 Å². The fraction of sp³-hybridized carbons (Fsp3) is 0.929. The van der Waals surface area contributed by atoms with E-state index in [1.54, 1.807) is 0 Å². The highest BCUT2D eigenvalue weighted by molar-refractivity contribution is 5.80. The third-order valence-electron chi connectivity index (χ3n) is 4.53. The number of amides is 1. The Morgan fingerprint density at radius 1 is 1.33 bits per heavy atom. The molecule has 1 aliphatic carbocycles. The van der Waals surface area contributed by atoms with E-state index in [0.29, 0.717) is 19.0 Å². The first kappa shape index (κ1) is 13.8. The zero-order valence-electron chi connectivity index (χ0n) is 11.4. The number of hydrogen-bond acceptors (Lipinski definition) is 3. The quantitative estimate of drug-likeness (QED) is 0.790. The first-order valence-corrected chi connectivity index (χ1v) is 7.29. The molecule has 0 spiro atoms. The molecule has 1 amide bonds. The Labute approximate surface area is 110 Å². The van der Waals surface area contributed by atoms with E-state index in [9.17, 15) is 9.90 Å². The molecule has 0 bridgehead atoms. The van der Waals surface area contributed by atoms with Crippen LogP contribution in [0.3, 0.4) is 0 Å². The zero-order chi connectivity index (χ0) is 13.2. The Hall–Kier alpha value is -0.610. The molecule has 1 saturated heterocycles. The van der Waals surface area contributed by atoms with E-state index in [0.717, 1.165) is 45.1 Å². The molecule has 1 heterocycles. The molecule has 3 N–H and O–H groups in total. The van der Waals surface area contributed by atoms with Crippen LogP contribution in [0.4, 0.5) is 0 Å². The summed E-state index contributed by atoms with van der Waals surface area (Å²) in [7, 11) is 0. The lowest BCUT2D eigenvalue weighted by Gasteiger charge is -2.48. The first-order valence-electron chi connectivity index (χ1n) is 7.29. The Bertz CT molecular complexity index is 292. The van der Waals surface area contributed by atoms with Gasteiger partial charge in [-0.2, -0.15) is 0 Å². The van der Waals surface area contributed by atoms with Crippen LogP contribution in [0.15, 0.2) is 0 Å². The molecule has 2 aliphatic rings. The maximum Gasteiger partial charge on any atom is 0.225 e. The molecule has 4 nitrogen and oxygen atoms in total. The highest BCUT2D eigenvalue weighted by Crippen LogP contribution is 2.33. The number of likely N-dealkylation sites (tertiary alicyclic amines) is 1. The molecule has 0 radical (unpaired) electrons. The molecule has 0 aromatic heterocycles. The van der Waals surface area contributed by atoms with Crippen LogP contribution in [0.2, 0.25) is 0 Å². The van der Waals surface area contributed by atoms with Crippen LogP contribution in [0.5, 0.6) is 0 Å².